The highest BCUT2D eigenvalue weighted by atomic mass is 16.6. The lowest BCUT2D eigenvalue weighted by molar-refractivity contribution is -0.384. The van der Waals surface area contributed by atoms with Gasteiger partial charge in [-0.3, -0.25) is 19.8 Å². The first-order chi connectivity index (χ1) is 10.8. The number of nitro benzene ring substituents is 1. The van der Waals surface area contributed by atoms with Crippen LogP contribution in [0.1, 0.15) is 30.6 Å². The van der Waals surface area contributed by atoms with E-state index in [1.165, 1.54) is 12.1 Å². The molecule has 0 aliphatic carbocycles. The fourth-order valence-corrected chi connectivity index (χ4v) is 2.85. The number of benzene rings is 1. The number of nitro groups is 1. The second kappa shape index (κ2) is 6.95. The summed E-state index contributed by atoms with van der Waals surface area (Å²) in [5.41, 5.74) is 0.940. The van der Waals surface area contributed by atoms with E-state index in [1.54, 1.807) is 11.0 Å². The quantitative estimate of drug-likeness (QED) is 0.662. The van der Waals surface area contributed by atoms with Gasteiger partial charge in [0.1, 0.15) is 0 Å². The molecule has 0 saturated carbocycles. The normalized spacial score (nSPS) is 18.2. The van der Waals surface area contributed by atoms with Crippen LogP contribution >= 0.6 is 0 Å². The Balaban J connectivity index is 2.18. The number of carbonyl (C=O) groups excluding carboxylic acids is 1. The molecule has 126 valence electrons. The maximum atomic E-state index is 12.6. The van der Waals surface area contributed by atoms with E-state index in [4.69, 9.17) is 0 Å². The first kappa shape index (κ1) is 17.2. The lowest BCUT2D eigenvalue weighted by Crippen LogP contribution is -2.39. The molecule has 0 bridgehead atoms. The molecule has 23 heavy (non-hydrogen) atoms. The Morgan fingerprint density at radius 3 is 2.65 bits per heavy atom. The van der Waals surface area contributed by atoms with Crippen LogP contribution < -0.4 is 10.2 Å². The van der Waals surface area contributed by atoms with Crippen molar-refractivity contribution < 1.29 is 9.72 Å². The average molecular weight is 320 g/mol. The van der Waals surface area contributed by atoms with E-state index in [-0.39, 0.29) is 17.6 Å². The number of carbonyl (C=O) groups is 1. The van der Waals surface area contributed by atoms with E-state index < -0.39 is 4.92 Å². The topological polar surface area (TPSA) is 78.7 Å². The standard InChI is InChI=1S/C16H24N4O3/c1-11(2)19-8-7-12(10-19)17-16(21)14-9-13(20(22)23)5-6-15(14)18(3)4/h5-6,9,11-12H,7-8,10H2,1-4H3,(H,17,21)/t12-/m0/s1. The first-order valence-electron chi connectivity index (χ1n) is 7.80. The van der Waals surface area contributed by atoms with Crippen molar-refractivity contribution >= 4 is 17.3 Å². The van der Waals surface area contributed by atoms with Gasteiger partial charge in [-0.2, -0.15) is 0 Å². The summed E-state index contributed by atoms with van der Waals surface area (Å²) in [5.74, 6) is -0.256. The van der Waals surface area contributed by atoms with E-state index in [2.05, 4.69) is 24.1 Å². The Bertz CT molecular complexity index is 601. The van der Waals surface area contributed by atoms with Gasteiger partial charge in [-0.05, 0) is 26.3 Å². The third-order valence-electron chi connectivity index (χ3n) is 4.20. The zero-order valence-electron chi connectivity index (χ0n) is 14.1. The maximum absolute atomic E-state index is 12.6. The number of nitrogens with one attached hydrogen (secondary N) is 1. The number of rotatable bonds is 5. The van der Waals surface area contributed by atoms with Gasteiger partial charge in [0.15, 0.2) is 0 Å². The Kier molecular flexibility index (Phi) is 5.20. The molecule has 1 fully saturated rings. The van der Waals surface area contributed by atoms with Crippen molar-refractivity contribution in [3.05, 3.63) is 33.9 Å². The zero-order valence-corrected chi connectivity index (χ0v) is 14.1. The minimum atomic E-state index is -0.480. The predicted octanol–water partition coefficient (Wildman–Crippen LogP) is 1.87. The molecule has 1 saturated heterocycles. The smallest absolute Gasteiger partial charge is 0.270 e. The summed E-state index contributed by atoms with van der Waals surface area (Å²) < 4.78 is 0. The van der Waals surface area contributed by atoms with Crippen molar-refractivity contribution in [2.75, 3.05) is 32.1 Å². The van der Waals surface area contributed by atoms with Gasteiger partial charge < -0.3 is 10.2 Å². The molecule has 1 amide bonds. The van der Waals surface area contributed by atoms with Gasteiger partial charge in [0.25, 0.3) is 11.6 Å². The summed E-state index contributed by atoms with van der Waals surface area (Å²) in [6.45, 7) is 6.04. The van der Waals surface area contributed by atoms with Crippen molar-refractivity contribution in [3.63, 3.8) is 0 Å². The molecule has 2 rings (SSSR count). The molecule has 1 aliphatic heterocycles. The third kappa shape index (κ3) is 3.98. The number of hydrogen-bond acceptors (Lipinski definition) is 5. The Morgan fingerprint density at radius 2 is 2.13 bits per heavy atom. The monoisotopic (exact) mass is 320 g/mol. The molecule has 1 atom stereocenters. The van der Waals surface area contributed by atoms with Crippen LogP contribution in [0, 0.1) is 10.1 Å². The Morgan fingerprint density at radius 1 is 1.43 bits per heavy atom. The van der Waals surface area contributed by atoms with Crippen LogP contribution in [0.15, 0.2) is 18.2 Å². The molecule has 1 N–H and O–H groups in total. The van der Waals surface area contributed by atoms with Crippen LogP contribution in [0.25, 0.3) is 0 Å². The van der Waals surface area contributed by atoms with E-state index in [0.29, 0.717) is 17.3 Å². The summed E-state index contributed by atoms with van der Waals surface area (Å²) in [4.78, 5) is 27.2. The van der Waals surface area contributed by atoms with Gasteiger partial charge in [0, 0.05) is 57.1 Å². The largest absolute Gasteiger partial charge is 0.377 e. The number of anilines is 1. The number of hydrogen-bond donors (Lipinski definition) is 1. The summed E-state index contributed by atoms with van der Waals surface area (Å²) in [6, 6.07) is 4.91. The second-order valence-corrected chi connectivity index (χ2v) is 6.40. The van der Waals surface area contributed by atoms with Crippen LogP contribution in [0.2, 0.25) is 0 Å². The third-order valence-corrected chi connectivity index (χ3v) is 4.20. The number of amides is 1. The molecule has 7 heteroatoms. The van der Waals surface area contributed by atoms with Gasteiger partial charge >= 0.3 is 0 Å². The summed E-state index contributed by atoms with van der Waals surface area (Å²) in [5, 5.41) is 14.0. The van der Waals surface area contributed by atoms with E-state index in [0.717, 1.165) is 19.5 Å². The number of nitrogens with zero attached hydrogens (tertiary/aromatic N) is 3. The van der Waals surface area contributed by atoms with Crippen molar-refractivity contribution in [2.24, 2.45) is 0 Å². The fourth-order valence-electron chi connectivity index (χ4n) is 2.85. The average Bonchev–Trinajstić information content (AvgIpc) is 2.95. The summed E-state index contributed by atoms with van der Waals surface area (Å²) >= 11 is 0. The maximum Gasteiger partial charge on any atom is 0.270 e. The van der Waals surface area contributed by atoms with Crippen molar-refractivity contribution in [1.29, 1.82) is 0 Å². The Labute approximate surface area is 136 Å². The van der Waals surface area contributed by atoms with Gasteiger partial charge in [0.2, 0.25) is 0 Å². The Hall–Kier alpha value is -2.15. The van der Waals surface area contributed by atoms with Crippen LogP contribution in [0.5, 0.6) is 0 Å². The highest BCUT2D eigenvalue weighted by Crippen LogP contribution is 2.24. The fraction of sp³-hybridized carbons (Fsp3) is 0.562. The van der Waals surface area contributed by atoms with Crippen LogP contribution in [-0.4, -0.2) is 55.0 Å². The first-order valence-corrected chi connectivity index (χ1v) is 7.80. The molecule has 0 aromatic heterocycles. The van der Waals surface area contributed by atoms with Crippen molar-refractivity contribution in [1.82, 2.24) is 10.2 Å². The highest BCUT2D eigenvalue weighted by molar-refractivity contribution is 6.00. The van der Waals surface area contributed by atoms with Gasteiger partial charge in [-0.1, -0.05) is 0 Å². The predicted molar refractivity (Wildman–Crippen MR) is 90.0 cm³/mol. The molecule has 0 unspecified atom stereocenters. The molecular weight excluding hydrogens is 296 g/mol. The molecule has 1 aromatic rings. The summed E-state index contributed by atoms with van der Waals surface area (Å²) in [6.07, 6.45) is 0.899. The van der Waals surface area contributed by atoms with E-state index in [1.807, 2.05) is 14.1 Å². The van der Waals surface area contributed by atoms with Crippen LogP contribution in [-0.2, 0) is 0 Å². The second-order valence-electron chi connectivity index (χ2n) is 6.40. The van der Waals surface area contributed by atoms with Crippen molar-refractivity contribution in [2.45, 2.75) is 32.4 Å². The SMILES string of the molecule is CC(C)N1CC[C@H](NC(=O)c2cc([N+](=O)[O-])ccc2N(C)C)C1. The molecule has 1 heterocycles. The summed E-state index contributed by atoms with van der Waals surface area (Å²) in [7, 11) is 3.63. The molecule has 7 nitrogen and oxygen atoms in total. The zero-order chi connectivity index (χ0) is 17.1. The van der Waals surface area contributed by atoms with Crippen LogP contribution in [0.3, 0.4) is 0 Å². The van der Waals surface area contributed by atoms with Gasteiger partial charge in [0.05, 0.1) is 10.5 Å². The number of likely N-dealkylation sites (tertiary alicyclic amines) is 1. The van der Waals surface area contributed by atoms with Gasteiger partial charge in [-0.25, -0.2) is 0 Å². The highest BCUT2D eigenvalue weighted by Gasteiger charge is 2.27. The minimum Gasteiger partial charge on any atom is -0.377 e. The van der Waals surface area contributed by atoms with E-state index in [9.17, 15) is 14.9 Å². The molecular formula is C16H24N4O3. The van der Waals surface area contributed by atoms with Crippen LogP contribution in [0.4, 0.5) is 11.4 Å². The van der Waals surface area contributed by atoms with Gasteiger partial charge in [-0.15, -0.1) is 0 Å². The molecule has 1 aromatic carbocycles. The van der Waals surface area contributed by atoms with E-state index >= 15 is 0 Å². The molecule has 0 spiro atoms. The molecule has 1 aliphatic rings. The lowest BCUT2D eigenvalue weighted by atomic mass is 10.1. The van der Waals surface area contributed by atoms with Crippen molar-refractivity contribution in [3.8, 4) is 0 Å². The lowest BCUT2D eigenvalue weighted by Gasteiger charge is -2.21. The molecule has 0 radical (unpaired) electrons. The minimum absolute atomic E-state index is 0.0732. The number of non-ortho nitro benzene ring substituents is 1.